The minimum Gasteiger partial charge on any atom is -0.379 e. The molecule has 0 aliphatic carbocycles. The van der Waals surface area contributed by atoms with E-state index in [-0.39, 0.29) is 0 Å². The quantitative estimate of drug-likeness (QED) is 0.834. The first-order chi connectivity index (χ1) is 7.25. The Balaban J connectivity index is 2.05. The zero-order valence-electron chi connectivity index (χ0n) is 7.84. The molecule has 0 aliphatic rings. The molecule has 1 N–H and O–H groups in total. The fraction of sp³-hybridized carbons (Fsp3) is 0.0909. The fourth-order valence-electron chi connectivity index (χ4n) is 1.23. The van der Waals surface area contributed by atoms with Gasteiger partial charge in [0.15, 0.2) is 0 Å². The maximum absolute atomic E-state index is 3.52. The highest BCUT2D eigenvalue weighted by atomic mass is 79.9. The number of benzene rings is 1. The molecule has 2 aromatic rings. The topological polar surface area (TPSA) is 12.0 Å². The van der Waals surface area contributed by atoms with Crippen LogP contribution in [0.25, 0.3) is 0 Å². The molecular weight excluding hydrogens is 338 g/mol. The van der Waals surface area contributed by atoms with E-state index in [4.69, 9.17) is 0 Å². The Bertz CT molecular complexity index is 440. The lowest BCUT2D eigenvalue weighted by molar-refractivity contribution is 1.19. The van der Waals surface area contributed by atoms with E-state index in [1.54, 1.807) is 11.3 Å². The number of nitrogens with one attached hydrogen (secondary N) is 1. The number of rotatable bonds is 3. The summed E-state index contributed by atoms with van der Waals surface area (Å²) in [5.41, 5.74) is 1.12. The van der Waals surface area contributed by atoms with Crippen molar-refractivity contribution in [3.05, 3.63) is 49.5 Å². The number of halogens is 2. The molecule has 0 radical (unpaired) electrons. The van der Waals surface area contributed by atoms with Gasteiger partial charge in [-0.15, -0.1) is 11.3 Å². The zero-order chi connectivity index (χ0) is 10.7. The SMILES string of the molecule is Brc1ccc(NCc2cccs2)c(Br)c1. The van der Waals surface area contributed by atoms with Crippen LogP contribution in [0.15, 0.2) is 44.7 Å². The molecule has 0 saturated heterocycles. The first-order valence-electron chi connectivity index (χ1n) is 4.47. The van der Waals surface area contributed by atoms with Gasteiger partial charge in [0.2, 0.25) is 0 Å². The lowest BCUT2D eigenvalue weighted by atomic mass is 10.3. The molecule has 0 aliphatic heterocycles. The van der Waals surface area contributed by atoms with Crippen molar-refractivity contribution < 1.29 is 0 Å². The molecule has 1 aromatic heterocycles. The van der Waals surface area contributed by atoms with Crippen LogP contribution in [0.2, 0.25) is 0 Å². The molecular formula is C11H9Br2NS. The Kier molecular flexibility index (Phi) is 3.83. The highest BCUT2D eigenvalue weighted by molar-refractivity contribution is 9.11. The zero-order valence-corrected chi connectivity index (χ0v) is 11.8. The van der Waals surface area contributed by atoms with Crippen molar-refractivity contribution in [1.29, 1.82) is 0 Å². The Morgan fingerprint density at radius 2 is 2.07 bits per heavy atom. The summed E-state index contributed by atoms with van der Waals surface area (Å²) in [4.78, 5) is 1.34. The van der Waals surface area contributed by atoms with Crippen molar-refractivity contribution in [3.8, 4) is 0 Å². The highest BCUT2D eigenvalue weighted by Crippen LogP contribution is 2.26. The number of thiophene rings is 1. The van der Waals surface area contributed by atoms with Crippen molar-refractivity contribution in [2.75, 3.05) is 5.32 Å². The summed E-state index contributed by atoms with van der Waals surface area (Å²) in [6.07, 6.45) is 0. The van der Waals surface area contributed by atoms with Crippen molar-refractivity contribution in [1.82, 2.24) is 0 Å². The number of hydrogen-bond acceptors (Lipinski definition) is 2. The third-order valence-corrected chi connectivity index (χ3v) is 3.99. The van der Waals surface area contributed by atoms with Gasteiger partial charge in [0.05, 0.1) is 0 Å². The van der Waals surface area contributed by atoms with E-state index < -0.39 is 0 Å². The maximum atomic E-state index is 3.52. The van der Waals surface area contributed by atoms with Crippen molar-refractivity contribution >= 4 is 48.9 Å². The smallest absolute Gasteiger partial charge is 0.0494 e. The van der Waals surface area contributed by atoms with Gasteiger partial charge in [0.25, 0.3) is 0 Å². The van der Waals surface area contributed by atoms with Gasteiger partial charge in [-0.25, -0.2) is 0 Å². The predicted octanol–water partition coefficient (Wildman–Crippen LogP) is 4.89. The van der Waals surface area contributed by atoms with Crippen LogP contribution in [0, 0.1) is 0 Å². The molecule has 0 fully saturated rings. The lowest BCUT2D eigenvalue weighted by Gasteiger charge is -2.07. The van der Waals surface area contributed by atoms with E-state index in [0.29, 0.717) is 0 Å². The Morgan fingerprint density at radius 3 is 2.73 bits per heavy atom. The second kappa shape index (κ2) is 5.14. The van der Waals surface area contributed by atoms with Gasteiger partial charge in [0.1, 0.15) is 0 Å². The van der Waals surface area contributed by atoms with Crippen molar-refractivity contribution in [2.24, 2.45) is 0 Å². The van der Waals surface area contributed by atoms with Gasteiger partial charge in [0, 0.05) is 26.1 Å². The molecule has 1 heterocycles. The Labute approximate surface area is 110 Å². The van der Waals surface area contributed by atoms with E-state index in [2.05, 4.69) is 60.8 Å². The summed E-state index contributed by atoms with van der Waals surface area (Å²) < 4.78 is 2.16. The van der Waals surface area contributed by atoms with Crippen LogP contribution >= 0.6 is 43.2 Å². The van der Waals surface area contributed by atoms with Crippen LogP contribution in [0.1, 0.15) is 4.88 Å². The van der Waals surface area contributed by atoms with E-state index in [1.165, 1.54) is 4.88 Å². The molecule has 0 saturated carbocycles. The van der Waals surface area contributed by atoms with E-state index in [0.717, 1.165) is 21.2 Å². The van der Waals surface area contributed by atoms with Crippen LogP contribution in [-0.2, 0) is 6.54 Å². The molecule has 1 nitrogen and oxygen atoms in total. The predicted molar refractivity (Wildman–Crippen MR) is 73.5 cm³/mol. The molecule has 0 unspecified atom stereocenters. The van der Waals surface area contributed by atoms with Crippen LogP contribution in [0.5, 0.6) is 0 Å². The Morgan fingerprint density at radius 1 is 1.20 bits per heavy atom. The van der Waals surface area contributed by atoms with Gasteiger partial charge in [-0.1, -0.05) is 22.0 Å². The van der Waals surface area contributed by atoms with Crippen LogP contribution in [0.4, 0.5) is 5.69 Å². The molecule has 15 heavy (non-hydrogen) atoms. The number of hydrogen-bond donors (Lipinski definition) is 1. The minimum absolute atomic E-state index is 0.873. The second-order valence-corrected chi connectivity index (χ2v) is 5.86. The molecule has 4 heteroatoms. The molecule has 0 atom stereocenters. The van der Waals surface area contributed by atoms with E-state index in [1.807, 2.05) is 12.1 Å². The van der Waals surface area contributed by atoms with E-state index in [9.17, 15) is 0 Å². The molecule has 0 spiro atoms. The molecule has 2 rings (SSSR count). The van der Waals surface area contributed by atoms with Gasteiger partial charge >= 0.3 is 0 Å². The Hall–Kier alpha value is -0.320. The van der Waals surface area contributed by atoms with Crippen molar-refractivity contribution in [3.63, 3.8) is 0 Å². The highest BCUT2D eigenvalue weighted by Gasteiger charge is 2.00. The van der Waals surface area contributed by atoms with Crippen LogP contribution < -0.4 is 5.32 Å². The average molecular weight is 347 g/mol. The standard InChI is InChI=1S/C11H9Br2NS/c12-8-3-4-11(10(13)6-8)14-7-9-2-1-5-15-9/h1-6,14H,7H2. The third-order valence-electron chi connectivity index (χ3n) is 1.96. The first kappa shape index (κ1) is 11.2. The largest absolute Gasteiger partial charge is 0.379 e. The lowest BCUT2D eigenvalue weighted by Crippen LogP contribution is -1.97. The molecule has 0 bridgehead atoms. The van der Waals surface area contributed by atoms with Crippen LogP contribution in [0.3, 0.4) is 0 Å². The monoisotopic (exact) mass is 345 g/mol. The summed E-state index contributed by atoms with van der Waals surface area (Å²) in [5, 5.41) is 5.48. The summed E-state index contributed by atoms with van der Waals surface area (Å²) in [6, 6.07) is 10.3. The molecule has 0 amide bonds. The fourth-order valence-corrected chi connectivity index (χ4v) is 3.06. The van der Waals surface area contributed by atoms with Gasteiger partial charge in [-0.3, -0.25) is 0 Å². The van der Waals surface area contributed by atoms with Crippen molar-refractivity contribution in [2.45, 2.75) is 6.54 Å². The molecule has 1 aromatic carbocycles. The summed E-state index contributed by atoms with van der Waals surface area (Å²) in [5.74, 6) is 0. The second-order valence-electron chi connectivity index (χ2n) is 3.06. The van der Waals surface area contributed by atoms with E-state index >= 15 is 0 Å². The van der Waals surface area contributed by atoms with Gasteiger partial charge in [-0.05, 0) is 45.6 Å². The summed E-state index contributed by atoms with van der Waals surface area (Å²) >= 11 is 8.72. The number of anilines is 1. The minimum atomic E-state index is 0.873. The first-order valence-corrected chi connectivity index (χ1v) is 6.93. The van der Waals surface area contributed by atoms with Gasteiger partial charge < -0.3 is 5.32 Å². The normalized spacial score (nSPS) is 10.3. The molecule has 78 valence electrons. The summed E-state index contributed by atoms with van der Waals surface area (Å²) in [7, 11) is 0. The van der Waals surface area contributed by atoms with Gasteiger partial charge in [-0.2, -0.15) is 0 Å². The third kappa shape index (κ3) is 3.06. The summed E-state index contributed by atoms with van der Waals surface area (Å²) in [6.45, 7) is 0.873. The maximum Gasteiger partial charge on any atom is 0.0494 e. The average Bonchev–Trinajstić information content (AvgIpc) is 2.69. The van der Waals surface area contributed by atoms with Crippen LogP contribution in [-0.4, -0.2) is 0 Å².